The van der Waals surface area contributed by atoms with Crippen LogP contribution in [-0.4, -0.2) is 30.1 Å². The molecule has 3 rings (SSSR count). The minimum absolute atomic E-state index is 0.210. The van der Waals surface area contributed by atoms with Crippen LogP contribution in [0.3, 0.4) is 0 Å². The van der Waals surface area contributed by atoms with E-state index in [0.29, 0.717) is 17.2 Å². The van der Waals surface area contributed by atoms with Crippen LogP contribution in [0.25, 0.3) is 5.69 Å². The van der Waals surface area contributed by atoms with Crippen molar-refractivity contribution in [2.24, 2.45) is 0 Å². The van der Waals surface area contributed by atoms with Crippen LogP contribution < -0.4 is 19.5 Å². The molecule has 152 valence electrons. The summed E-state index contributed by atoms with van der Waals surface area (Å²) in [7, 11) is 3.15. The summed E-state index contributed by atoms with van der Waals surface area (Å²) in [5.74, 6) is 1.71. The zero-order valence-electron chi connectivity index (χ0n) is 16.8. The highest BCUT2D eigenvalue weighted by Crippen LogP contribution is 2.28. The first kappa shape index (κ1) is 20.3. The monoisotopic (exact) mass is 395 g/mol. The van der Waals surface area contributed by atoms with Gasteiger partial charge < -0.3 is 19.5 Å². The molecule has 0 aliphatic rings. The number of nitrogens with zero attached hydrogens (tertiary/aromatic N) is 2. The summed E-state index contributed by atoms with van der Waals surface area (Å²) in [6.07, 6.45) is 2.64. The maximum absolute atomic E-state index is 12.4. The van der Waals surface area contributed by atoms with E-state index in [9.17, 15) is 4.79 Å². The lowest BCUT2D eigenvalue weighted by Gasteiger charge is -2.14. The number of rotatable bonds is 8. The van der Waals surface area contributed by atoms with Crippen LogP contribution in [-0.2, 0) is 13.0 Å². The van der Waals surface area contributed by atoms with E-state index >= 15 is 0 Å². The van der Waals surface area contributed by atoms with Crippen molar-refractivity contribution < 1.29 is 19.0 Å². The van der Waals surface area contributed by atoms with Gasteiger partial charge in [-0.3, -0.25) is 0 Å². The molecule has 0 saturated carbocycles. The van der Waals surface area contributed by atoms with Crippen molar-refractivity contribution in [1.29, 1.82) is 0 Å². The molecule has 0 radical (unpaired) electrons. The van der Waals surface area contributed by atoms with Gasteiger partial charge in [-0.1, -0.05) is 37.6 Å². The molecule has 0 saturated heterocycles. The normalized spacial score (nSPS) is 10.4. The van der Waals surface area contributed by atoms with Crippen molar-refractivity contribution in [3.63, 3.8) is 0 Å². The number of carbonyl (C=O) groups excluding carboxylic acids is 1. The van der Waals surface area contributed by atoms with Crippen molar-refractivity contribution in [2.75, 3.05) is 14.2 Å². The van der Waals surface area contributed by atoms with Gasteiger partial charge in [-0.15, -0.1) is 0 Å². The van der Waals surface area contributed by atoms with E-state index in [4.69, 9.17) is 14.2 Å². The maximum atomic E-state index is 12.4. The highest BCUT2D eigenvalue weighted by atomic mass is 16.6. The highest BCUT2D eigenvalue weighted by Gasteiger charge is 2.17. The molecule has 1 aromatic heterocycles. The van der Waals surface area contributed by atoms with Crippen molar-refractivity contribution >= 4 is 6.09 Å². The molecular weight excluding hydrogens is 370 g/mol. The van der Waals surface area contributed by atoms with Crippen LogP contribution in [0, 0.1) is 0 Å². The molecule has 0 fully saturated rings. The molecule has 7 heteroatoms. The topological polar surface area (TPSA) is 74.6 Å². The molecular formula is C22H25N3O4. The predicted octanol–water partition coefficient (Wildman–Crippen LogP) is 4.13. The quantitative estimate of drug-likeness (QED) is 0.621. The zero-order chi connectivity index (χ0) is 20.6. The molecule has 0 bridgehead atoms. The number of aromatic nitrogens is 2. The van der Waals surface area contributed by atoms with Gasteiger partial charge in [0.15, 0.2) is 5.75 Å². The van der Waals surface area contributed by atoms with Gasteiger partial charge in [0.05, 0.1) is 43.9 Å². The van der Waals surface area contributed by atoms with Crippen LogP contribution in [0.5, 0.6) is 17.2 Å². The lowest BCUT2D eigenvalue weighted by molar-refractivity contribution is 0.199. The van der Waals surface area contributed by atoms with Crippen LogP contribution >= 0.6 is 0 Å². The number of amides is 1. The summed E-state index contributed by atoms with van der Waals surface area (Å²) in [6.45, 7) is 2.28. The largest absolute Gasteiger partial charge is 0.496 e. The van der Waals surface area contributed by atoms with Gasteiger partial charge in [0.25, 0.3) is 0 Å². The standard InChI is InChI=1S/C22H25N3O4/c1-4-9-18-21(15-24-25(18)16-10-6-5-7-11-16)29-22(26)23-14-17-19(27-2)12-8-13-20(17)28-3/h5-8,10-13,15H,4,9,14H2,1-3H3,(H,23,26). The van der Waals surface area contributed by atoms with E-state index < -0.39 is 6.09 Å². The molecule has 1 amide bonds. The van der Waals surface area contributed by atoms with Crippen molar-refractivity contribution in [2.45, 2.75) is 26.3 Å². The fraction of sp³-hybridized carbons (Fsp3) is 0.273. The van der Waals surface area contributed by atoms with Gasteiger partial charge in [-0.05, 0) is 30.7 Å². The molecule has 1 N–H and O–H groups in total. The maximum Gasteiger partial charge on any atom is 0.412 e. The lowest BCUT2D eigenvalue weighted by atomic mass is 10.1. The summed E-state index contributed by atoms with van der Waals surface area (Å²) in [4.78, 5) is 12.4. The number of para-hydroxylation sites is 1. The predicted molar refractivity (Wildman–Crippen MR) is 110 cm³/mol. The first-order chi connectivity index (χ1) is 14.2. The number of hydrogen-bond acceptors (Lipinski definition) is 5. The van der Waals surface area contributed by atoms with Gasteiger partial charge in [0.1, 0.15) is 11.5 Å². The number of ether oxygens (including phenoxy) is 3. The van der Waals surface area contributed by atoms with Crippen LogP contribution in [0.15, 0.2) is 54.7 Å². The smallest absolute Gasteiger partial charge is 0.412 e. The van der Waals surface area contributed by atoms with Crippen molar-refractivity contribution in [1.82, 2.24) is 15.1 Å². The molecule has 0 spiro atoms. The van der Waals surface area contributed by atoms with Gasteiger partial charge in [-0.2, -0.15) is 5.10 Å². The molecule has 1 heterocycles. The Balaban J connectivity index is 1.74. The van der Waals surface area contributed by atoms with Gasteiger partial charge >= 0.3 is 6.09 Å². The van der Waals surface area contributed by atoms with E-state index in [1.807, 2.05) is 48.5 Å². The molecule has 0 aliphatic heterocycles. The Bertz CT molecular complexity index is 932. The Morgan fingerprint density at radius 1 is 1.00 bits per heavy atom. The van der Waals surface area contributed by atoms with Crippen molar-refractivity contribution in [3.8, 4) is 22.9 Å². The molecule has 2 aromatic carbocycles. The number of carbonyl (C=O) groups is 1. The molecule has 7 nitrogen and oxygen atoms in total. The zero-order valence-corrected chi connectivity index (χ0v) is 16.8. The van der Waals surface area contributed by atoms with Crippen LogP contribution in [0.4, 0.5) is 4.79 Å². The third-order valence-electron chi connectivity index (χ3n) is 4.46. The molecule has 29 heavy (non-hydrogen) atoms. The highest BCUT2D eigenvalue weighted by molar-refractivity contribution is 5.71. The molecule has 0 aliphatic carbocycles. The average Bonchev–Trinajstić information content (AvgIpc) is 3.15. The van der Waals surface area contributed by atoms with Gasteiger partial charge in [0.2, 0.25) is 0 Å². The summed E-state index contributed by atoms with van der Waals surface area (Å²) in [5, 5.41) is 7.16. The van der Waals surface area contributed by atoms with E-state index in [0.717, 1.165) is 29.8 Å². The second kappa shape index (κ2) is 9.64. The summed E-state index contributed by atoms with van der Waals surface area (Å²) < 4.78 is 18.1. The van der Waals surface area contributed by atoms with Crippen LogP contribution in [0.1, 0.15) is 24.6 Å². The Morgan fingerprint density at radius 3 is 2.31 bits per heavy atom. The van der Waals surface area contributed by atoms with Gasteiger partial charge in [-0.25, -0.2) is 9.48 Å². The minimum Gasteiger partial charge on any atom is -0.496 e. The minimum atomic E-state index is -0.567. The number of methoxy groups -OCH3 is 2. The molecule has 0 unspecified atom stereocenters. The number of nitrogens with one attached hydrogen (secondary N) is 1. The Hall–Kier alpha value is -3.48. The third-order valence-corrected chi connectivity index (χ3v) is 4.46. The summed E-state index contributed by atoms with van der Waals surface area (Å²) >= 11 is 0. The van der Waals surface area contributed by atoms with E-state index in [1.54, 1.807) is 25.1 Å². The van der Waals surface area contributed by atoms with Crippen LogP contribution in [0.2, 0.25) is 0 Å². The second-order valence-electron chi connectivity index (χ2n) is 6.34. The Morgan fingerprint density at radius 2 is 1.69 bits per heavy atom. The molecule has 0 atom stereocenters. The lowest BCUT2D eigenvalue weighted by Crippen LogP contribution is -2.27. The third kappa shape index (κ3) is 4.68. The Labute approximate surface area is 170 Å². The van der Waals surface area contributed by atoms with Gasteiger partial charge in [0, 0.05) is 0 Å². The van der Waals surface area contributed by atoms with E-state index in [2.05, 4.69) is 17.3 Å². The Kier molecular flexibility index (Phi) is 6.73. The fourth-order valence-corrected chi connectivity index (χ4v) is 3.10. The SMILES string of the molecule is CCCc1c(OC(=O)NCc2c(OC)cccc2OC)cnn1-c1ccccc1. The number of benzene rings is 2. The first-order valence-electron chi connectivity index (χ1n) is 9.45. The van der Waals surface area contributed by atoms with E-state index in [-0.39, 0.29) is 6.54 Å². The summed E-state index contributed by atoms with van der Waals surface area (Å²) in [6, 6.07) is 15.2. The second-order valence-corrected chi connectivity index (χ2v) is 6.34. The van der Waals surface area contributed by atoms with Crippen molar-refractivity contribution in [3.05, 3.63) is 66.0 Å². The average molecular weight is 395 g/mol. The first-order valence-corrected chi connectivity index (χ1v) is 9.45. The fourth-order valence-electron chi connectivity index (χ4n) is 3.10. The van der Waals surface area contributed by atoms with E-state index in [1.165, 1.54) is 0 Å². The summed E-state index contributed by atoms with van der Waals surface area (Å²) in [5.41, 5.74) is 2.51. The number of hydrogen-bond donors (Lipinski definition) is 1. The molecule has 3 aromatic rings.